The molecule has 0 aliphatic carbocycles. The monoisotopic (exact) mass is 357 g/mol. The molecule has 0 spiro atoms. The highest BCUT2D eigenvalue weighted by Gasteiger charge is 2.14. The van der Waals surface area contributed by atoms with E-state index >= 15 is 0 Å². The van der Waals surface area contributed by atoms with Crippen LogP contribution in [0.2, 0.25) is 0 Å². The highest BCUT2D eigenvalue weighted by Crippen LogP contribution is 2.22. The summed E-state index contributed by atoms with van der Waals surface area (Å²) in [5.74, 6) is -0.104. The lowest BCUT2D eigenvalue weighted by Gasteiger charge is -2.11. The predicted octanol–water partition coefficient (Wildman–Crippen LogP) is 1.57. The SMILES string of the molecule is COc1cc(/C=N/NC(=O)CSc2[nH+]c3ccccc3o2)ccc1[O-]. The van der Waals surface area contributed by atoms with Gasteiger partial charge in [-0.25, -0.2) is 5.43 Å². The van der Waals surface area contributed by atoms with E-state index in [1.165, 1.54) is 31.2 Å². The van der Waals surface area contributed by atoms with E-state index in [0.29, 0.717) is 10.8 Å². The fourth-order valence-electron chi connectivity index (χ4n) is 2.07. The van der Waals surface area contributed by atoms with Crippen LogP contribution >= 0.6 is 11.8 Å². The maximum Gasteiger partial charge on any atom is 0.411 e. The van der Waals surface area contributed by atoms with Crippen molar-refractivity contribution < 1.29 is 24.0 Å². The normalized spacial score (nSPS) is 11.1. The molecule has 0 radical (unpaired) electrons. The summed E-state index contributed by atoms with van der Waals surface area (Å²) in [4.78, 5) is 14.9. The zero-order valence-electron chi connectivity index (χ0n) is 13.3. The lowest BCUT2D eigenvalue weighted by molar-refractivity contribution is -0.411. The van der Waals surface area contributed by atoms with E-state index in [1.807, 2.05) is 24.3 Å². The first kappa shape index (κ1) is 16.8. The third-order valence-corrected chi connectivity index (χ3v) is 4.11. The van der Waals surface area contributed by atoms with Crippen molar-refractivity contribution >= 4 is 35.0 Å². The van der Waals surface area contributed by atoms with Gasteiger partial charge in [0.05, 0.1) is 19.1 Å². The van der Waals surface area contributed by atoms with Crippen molar-refractivity contribution in [1.82, 2.24) is 5.43 Å². The van der Waals surface area contributed by atoms with Crippen LogP contribution in [0.15, 0.2) is 57.2 Å². The van der Waals surface area contributed by atoms with Crippen LogP contribution in [0.25, 0.3) is 11.1 Å². The minimum absolute atomic E-state index is 0.149. The number of carbonyl (C=O) groups excluding carboxylic acids is 1. The molecule has 0 atom stereocenters. The highest BCUT2D eigenvalue weighted by molar-refractivity contribution is 7.99. The van der Waals surface area contributed by atoms with Crippen molar-refractivity contribution in [1.29, 1.82) is 0 Å². The Kier molecular flexibility index (Phi) is 5.20. The summed E-state index contributed by atoms with van der Waals surface area (Å²) in [6, 6.07) is 12.1. The third-order valence-electron chi connectivity index (χ3n) is 3.25. The van der Waals surface area contributed by atoms with Crippen LogP contribution in [0.1, 0.15) is 5.56 Å². The average molecular weight is 357 g/mol. The predicted molar refractivity (Wildman–Crippen MR) is 91.7 cm³/mol. The first-order valence-electron chi connectivity index (χ1n) is 7.36. The lowest BCUT2D eigenvalue weighted by Crippen LogP contribution is -2.20. The number of aromatic amines is 1. The summed E-state index contributed by atoms with van der Waals surface area (Å²) < 4.78 is 10.5. The minimum Gasteiger partial charge on any atom is -0.870 e. The second-order valence-corrected chi connectivity index (χ2v) is 5.95. The van der Waals surface area contributed by atoms with Gasteiger partial charge in [-0.1, -0.05) is 30.0 Å². The summed E-state index contributed by atoms with van der Waals surface area (Å²) in [5, 5.41) is 15.8. The van der Waals surface area contributed by atoms with Gasteiger partial charge in [0.25, 0.3) is 5.91 Å². The number of H-pyrrole nitrogens is 1. The first-order chi connectivity index (χ1) is 12.2. The molecule has 0 saturated carbocycles. The van der Waals surface area contributed by atoms with Gasteiger partial charge in [0.1, 0.15) is 5.75 Å². The number of rotatable bonds is 6. The van der Waals surface area contributed by atoms with Crippen molar-refractivity contribution in [2.75, 3.05) is 12.9 Å². The van der Waals surface area contributed by atoms with Gasteiger partial charge >= 0.3 is 5.22 Å². The fourth-order valence-corrected chi connectivity index (χ4v) is 2.72. The number of methoxy groups -OCH3 is 1. The van der Waals surface area contributed by atoms with Crippen molar-refractivity contribution in [3.8, 4) is 11.5 Å². The highest BCUT2D eigenvalue weighted by atomic mass is 32.2. The minimum atomic E-state index is -0.275. The van der Waals surface area contributed by atoms with Gasteiger partial charge < -0.3 is 14.3 Å². The molecule has 0 saturated heterocycles. The maximum atomic E-state index is 11.8. The van der Waals surface area contributed by atoms with Crippen LogP contribution < -0.4 is 20.3 Å². The molecule has 8 heteroatoms. The number of benzene rings is 2. The zero-order chi connectivity index (χ0) is 17.6. The van der Waals surface area contributed by atoms with Gasteiger partial charge in [-0.05, 0) is 29.5 Å². The number of hydrogen-bond donors (Lipinski definition) is 1. The van der Waals surface area contributed by atoms with E-state index in [9.17, 15) is 9.90 Å². The Morgan fingerprint density at radius 2 is 2.24 bits per heavy atom. The number of nitrogens with one attached hydrogen (secondary N) is 2. The number of amides is 1. The second kappa shape index (κ2) is 7.71. The van der Waals surface area contributed by atoms with Gasteiger partial charge in [0, 0.05) is 6.07 Å². The molecule has 2 aromatic carbocycles. The summed E-state index contributed by atoms with van der Waals surface area (Å²) >= 11 is 1.24. The number of hydrogen-bond acceptors (Lipinski definition) is 6. The molecule has 0 aliphatic heterocycles. The molecule has 3 rings (SSSR count). The van der Waals surface area contributed by atoms with E-state index in [0.717, 1.165) is 11.1 Å². The smallest absolute Gasteiger partial charge is 0.411 e. The van der Waals surface area contributed by atoms with Crippen molar-refractivity contribution in [2.24, 2.45) is 5.10 Å². The van der Waals surface area contributed by atoms with E-state index in [2.05, 4.69) is 15.5 Å². The molecule has 1 amide bonds. The summed E-state index contributed by atoms with van der Waals surface area (Å²) in [6.07, 6.45) is 1.44. The van der Waals surface area contributed by atoms with E-state index < -0.39 is 0 Å². The van der Waals surface area contributed by atoms with E-state index in [1.54, 1.807) is 12.1 Å². The van der Waals surface area contributed by atoms with Gasteiger partial charge in [-0.2, -0.15) is 10.1 Å². The number of ether oxygens (including phenoxy) is 1. The summed E-state index contributed by atoms with van der Waals surface area (Å²) in [5.41, 5.74) is 4.68. The molecule has 1 heterocycles. The Balaban J connectivity index is 1.52. The lowest BCUT2D eigenvalue weighted by atomic mass is 10.2. The van der Waals surface area contributed by atoms with Crippen LogP contribution in [-0.4, -0.2) is 25.0 Å². The Bertz CT molecular complexity index is 890. The summed E-state index contributed by atoms with van der Waals surface area (Å²) in [7, 11) is 1.42. The van der Waals surface area contributed by atoms with Crippen LogP contribution in [0.4, 0.5) is 0 Å². The second-order valence-electron chi connectivity index (χ2n) is 5.00. The van der Waals surface area contributed by atoms with Gasteiger partial charge in [0.2, 0.25) is 11.1 Å². The van der Waals surface area contributed by atoms with Crippen LogP contribution in [0.3, 0.4) is 0 Å². The Hall–Kier alpha value is -3.00. The van der Waals surface area contributed by atoms with Crippen molar-refractivity contribution in [3.05, 3.63) is 48.0 Å². The summed E-state index contributed by atoms with van der Waals surface area (Å²) in [6.45, 7) is 0. The van der Waals surface area contributed by atoms with E-state index in [-0.39, 0.29) is 23.2 Å². The Morgan fingerprint density at radius 1 is 1.40 bits per heavy atom. The molecule has 7 nitrogen and oxygen atoms in total. The molecule has 0 unspecified atom stereocenters. The first-order valence-corrected chi connectivity index (χ1v) is 8.35. The molecule has 1 aromatic heterocycles. The van der Waals surface area contributed by atoms with Crippen molar-refractivity contribution in [3.63, 3.8) is 0 Å². The molecule has 25 heavy (non-hydrogen) atoms. The average Bonchev–Trinajstić information content (AvgIpc) is 3.04. The molecule has 2 N–H and O–H groups in total. The van der Waals surface area contributed by atoms with Crippen LogP contribution in [0, 0.1) is 0 Å². The largest absolute Gasteiger partial charge is 0.870 e. The number of hydrazone groups is 1. The Morgan fingerprint density at radius 3 is 3.04 bits per heavy atom. The molecule has 0 bridgehead atoms. The van der Waals surface area contributed by atoms with Gasteiger partial charge in [-0.15, -0.1) is 0 Å². The molecule has 3 aromatic rings. The van der Waals surface area contributed by atoms with Crippen LogP contribution in [-0.2, 0) is 4.79 Å². The number of aromatic nitrogens is 1. The number of fused-ring (bicyclic) bond motifs is 1. The maximum absolute atomic E-state index is 11.8. The van der Waals surface area contributed by atoms with Crippen LogP contribution in [0.5, 0.6) is 11.5 Å². The number of oxazole rings is 1. The molecular formula is C17H15N3O4S. The molecule has 0 aliphatic rings. The van der Waals surface area contributed by atoms with E-state index in [4.69, 9.17) is 9.15 Å². The molecule has 0 fully saturated rings. The number of carbonyl (C=O) groups is 1. The van der Waals surface area contributed by atoms with Gasteiger partial charge in [-0.3, -0.25) is 4.79 Å². The standard InChI is InChI=1S/C17H15N3O4S/c1-23-15-8-11(6-7-13(15)21)9-18-20-16(22)10-25-17-19-12-4-2-3-5-14(12)24-17/h2-9,21H,10H2,1H3,(H,20,22)/b18-9+. The topological polar surface area (TPSA) is 101 Å². The Labute approximate surface area is 147 Å². The molecule has 128 valence electrons. The number of nitrogens with zero attached hydrogens (tertiary/aromatic N) is 1. The fraction of sp³-hybridized carbons (Fsp3) is 0.118. The third kappa shape index (κ3) is 4.30. The number of thioether (sulfide) groups is 1. The zero-order valence-corrected chi connectivity index (χ0v) is 14.1. The molecular weight excluding hydrogens is 342 g/mol. The quantitative estimate of drug-likeness (QED) is 0.410. The van der Waals surface area contributed by atoms with Gasteiger partial charge in [0.15, 0.2) is 0 Å². The number of para-hydroxylation sites is 2. The van der Waals surface area contributed by atoms with Crippen molar-refractivity contribution in [2.45, 2.75) is 5.22 Å².